The summed E-state index contributed by atoms with van der Waals surface area (Å²) in [6.45, 7) is 1.83. The molecule has 3 aromatic rings. The molecule has 0 unspecified atom stereocenters. The van der Waals surface area contributed by atoms with Gasteiger partial charge in [-0.05, 0) is 37.3 Å². The molecule has 0 N–H and O–H groups in total. The number of halogens is 2. The number of nitrogens with zero attached hydrogens (tertiary/aromatic N) is 3. The van der Waals surface area contributed by atoms with Crippen LogP contribution in [0.4, 0.5) is 0 Å². The molecule has 4 nitrogen and oxygen atoms in total. The van der Waals surface area contributed by atoms with Crippen LogP contribution < -0.4 is 0 Å². The van der Waals surface area contributed by atoms with Crippen LogP contribution in [0.2, 0.25) is 5.02 Å². The molecule has 0 aliphatic heterocycles. The molecule has 6 heteroatoms. The fourth-order valence-corrected chi connectivity index (χ4v) is 2.80. The van der Waals surface area contributed by atoms with Crippen LogP contribution in [0.25, 0.3) is 5.69 Å². The maximum absolute atomic E-state index is 12.9. The molecule has 0 saturated carbocycles. The number of carbonyl (C=O) groups is 1. The van der Waals surface area contributed by atoms with Crippen LogP contribution >= 0.6 is 27.5 Å². The van der Waals surface area contributed by atoms with Crippen LogP contribution in [0.3, 0.4) is 0 Å². The van der Waals surface area contributed by atoms with Gasteiger partial charge >= 0.3 is 0 Å². The van der Waals surface area contributed by atoms with Crippen LogP contribution in [0.15, 0.2) is 53.3 Å². The van der Waals surface area contributed by atoms with Gasteiger partial charge in [-0.15, -0.1) is 10.2 Å². The number of rotatable bonds is 3. The first kappa shape index (κ1) is 14.9. The number of hydrogen-bond acceptors (Lipinski definition) is 3. The summed E-state index contributed by atoms with van der Waals surface area (Å²) in [5, 5.41) is 8.27. The maximum atomic E-state index is 12.9. The Morgan fingerprint density at radius 1 is 1.18 bits per heavy atom. The molecule has 0 atom stereocenters. The van der Waals surface area contributed by atoms with Crippen LogP contribution in [-0.4, -0.2) is 20.5 Å². The van der Waals surface area contributed by atoms with Crippen molar-refractivity contribution in [3.05, 3.63) is 75.2 Å². The summed E-state index contributed by atoms with van der Waals surface area (Å²) in [6, 6.07) is 12.5. The Balaban J connectivity index is 2.19. The zero-order valence-electron chi connectivity index (χ0n) is 11.6. The maximum Gasteiger partial charge on any atom is 0.196 e. The lowest BCUT2D eigenvalue weighted by molar-refractivity contribution is 0.103. The number of hydrogen-bond donors (Lipinski definition) is 0. The van der Waals surface area contributed by atoms with Gasteiger partial charge in [0.25, 0.3) is 0 Å². The van der Waals surface area contributed by atoms with E-state index in [0.29, 0.717) is 22.0 Å². The molecule has 22 heavy (non-hydrogen) atoms. The first-order valence-electron chi connectivity index (χ1n) is 6.53. The smallest absolute Gasteiger partial charge is 0.196 e. The molecule has 3 rings (SSSR count). The van der Waals surface area contributed by atoms with E-state index in [1.54, 1.807) is 41.2 Å². The van der Waals surface area contributed by atoms with E-state index in [1.165, 1.54) is 0 Å². The molecule has 1 aromatic heterocycles. The van der Waals surface area contributed by atoms with Gasteiger partial charge in [-0.1, -0.05) is 39.7 Å². The monoisotopic (exact) mass is 375 g/mol. The van der Waals surface area contributed by atoms with Crippen molar-refractivity contribution in [1.82, 2.24) is 14.8 Å². The quantitative estimate of drug-likeness (QED) is 0.643. The van der Waals surface area contributed by atoms with E-state index in [9.17, 15) is 4.79 Å². The van der Waals surface area contributed by atoms with E-state index < -0.39 is 0 Å². The number of ketones is 1. The van der Waals surface area contributed by atoms with Crippen molar-refractivity contribution >= 4 is 33.3 Å². The SMILES string of the molecule is Cc1nncn1-c1ccc(Br)cc1C(=O)c1ccccc1Cl. The number of aryl methyl sites for hydroxylation is 1. The minimum absolute atomic E-state index is 0.144. The Morgan fingerprint density at radius 2 is 1.95 bits per heavy atom. The average Bonchev–Trinajstić information content (AvgIpc) is 2.93. The topological polar surface area (TPSA) is 47.8 Å². The molecule has 110 valence electrons. The molecular weight excluding hydrogens is 366 g/mol. The van der Waals surface area contributed by atoms with Gasteiger partial charge in [-0.25, -0.2) is 0 Å². The van der Waals surface area contributed by atoms with Crippen molar-refractivity contribution in [2.45, 2.75) is 6.92 Å². The van der Waals surface area contributed by atoms with Crippen LogP contribution in [0, 0.1) is 6.92 Å². The Hall–Kier alpha value is -1.98. The van der Waals surface area contributed by atoms with Gasteiger partial charge in [-0.2, -0.15) is 0 Å². The van der Waals surface area contributed by atoms with E-state index in [1.807, 2.05) is 19.1 Å². The van der Waals surface area contributed by atoms with Crippen molar-refractivity contribution in [2.24, 2.45) is 0 Å². The third-order valence-electron chi connectivity index (χ3n) is 3.30. The van der Waals surface area contributed by atoms with E-state index in [2.05, 4.69) is 26.1 Å². The summed E-state index contributed by atoms with van der Waals surface area (Å²) in [6.07, 6.45) is 1.59. The van der Waals surface area contributed by atoms with E-state index in [0.717, 1.165) is 10.2 Å². The Kier molecular flexibility index (Phi) is 4.09. The van der Waals surface area contributed by atoms with Crippen molar-refractivity contribution < 1.29 is 4.79 Å². The second kappa shape index (κ2) is 6.02. The molecular formula is C16H11BrClN3O. The second-order valence-corrected chi connectivity index (χ2v) is 6.04. The van der Waals surface area contributed by atoms with Crippen molar-refractivity contribution in [2.75, 3.05) is 0 Å². The first-order valence-corrected chi connectivity index (χ1v) is 7.71. The van der Waals surface area contributed by atoms with Crippen molar-refractivity contribution in [1.29, 1.82) is 0 Å². The minimum atomic E-state index is -0.144. The lowest BCUT2D eigenvalue weighted by atomic mass is 10.0. The van der Waals surface area contributed by atoms with Gasteiger partial charge in [0.15, 0.2) is 5.78 Å². The normalized spacial score (nSPS) is 10.7. The molecule has 0 fully saturated rings. The summed E-state index contributed by atoms with van der Waals surface area (Å²) < 4.78 is 2.59. The predicted molar refractivity (Wildman–Crippen MR) is 88.7 cm³/mol. The minimum Gasteiger partial charge on any atom is -0.288 e. The highest BCUT2D eigenvalue weighted by molar-refractivity contribution is 9.10. The fraction of sp³-hybridized carbons (Fsp3) is 0.0625. The van der Waals surface area contributed by atoms with Crippen LogP contribution in [0.1, 0.15) is 21.7 Å². The second-order valence-electron chi connectivity index (χ2n) is 4.72. The number of carbonyl (C=O) groups excluding carboxylic acids is 1. The molecule has 2 aromatic carbocycles. The largest absolute Gasteiger partial charge is 0.288 e. The zero-order chi connectivity index (χ0) is 15.7. The zero-order valence-corrected chi connectivity index (χ0v) is 14.0. The lowest BCUT2D eigenvalue weighted by Crippen LogP contribution is -2.09. The third kappa shape index (κ3) is 2.69. The lowest BCUT2D eigenvalue weighted by Gasteiger charge is -2.12. The van der Waals surface area contributed by atoms with E-state index >= 15 is 0 Å². The van der Waals surface area contributed by atoms with Crippen LogP contribution in [-0.2, 0) is 0 Å². The average molecular weight is 377 g/mol. The molecule has 0 saturated heterocycles. The number of benzene rings is 2. The first-order chi connectivity index (χ1) is 10.6. The van der Waals surface area contributed by atoms with Gasteiger partial charge < -0.3 is 0 Å². The standard InChI is InChI=1S/C16H11BrClN3O/c1-10-20-19-9-21(10)15-7-6-11(17)8-13(15)16(22)12-4-2-3-5-14(12)18/h2-9H,1H3. The van der Waals surface area contributed by atoms with Crippen LogP contribution in [0.5, 0.6) is 0 Å². The molecule has 1 heterocycles. The highest BCUT2D eigenvalue weighted by atomic mass is 79.9. The van der Waals surface area contributed by atoms with E-state index in [4.69, 9.17) is 11.6 Å². The summed E-state index contributed by atoms with van der Waals surface area (Å²) in [7, 11) is 0. The summed E-state index contributed by atoms with van der Waals surface area (Å²) >= 11 is 9.57. The van der Waals surface area contributed by atoms with Gasteiger partial charge in [0.1, 0.15) is 12.2 Å². The summed E-state index contributed by atoms with van der Waals surface area (Å²) in [5.41, 5.74) is 1.72. The molecule has 0 bridgehead atoms. The Bertz CT molecular complexity index is 860. The molecule has 0 radical (unpaired) electrons. The van der Waals surface area contributed by atoms with Crippen molar-refractivity contribution in [3.8, 4) is 5.69 Å². The highest BCUT2D eigenvalue weighted by Gasteiger charge is 2.18. The van der Waals surface area contributed by atoms with Gasteiger partial charge in [0.2, 0.25) is 0 Å². The molecule has 0 amide bonds. The van der Waals surface area contributed by atoms with Gasteiger partial charge in [0.05, 0.1) is 10.7 Å². The molecule has 0 aliphatic rings. The predicted octanol–water partition coefficient (Wildman–Crippen LogP) is 4.22. The Labute approximate surface area is 140 Å². The van der Waals surface area contributed by atoms with Gasteiger partial charge in [-0.3, -0.25) is 9.36 Å². The fourth-order valence-electron chi connectivity index (χ4n) is 2.22. The molecule has 0 aliphatic carbocycles. The summed E-state index contributed by atoms with van der Waals surface area (Å²) in [4.78, 5) is 12.9. The molecule has 0 spiro atoms. The van der Waals surface area contributed by atoms with E-state index in [-0.39, 0.29) is 5.78 Å². The van der Waals surface area contributed by atoms with Crippen molar-refractivity contribution in [3.63, 3.8) is 0 Å². The third-order valence-corrected chi connectivity index (χ3v) is 4.12. The summed E-state index contributed by atoms with van der Waals surface area (Å²) in [5.74, 6) is 0.561. The van der Waals surface area contributed by atoms with Gasteiger partial charge in [0, 0.05) is 15.6 Å². The number of aromatic nitrogens is 3. The highest BCUT2D eigenvalue weighted by Crippen LogP contribution is 2.26. The Morgan fingerprint density at radius 3 is 2.64 bits per heavy atom.